The summed E-state index contributed by atoms with van der Waals surface area (Å²) in [5.74, 6) is -2.69. The normalized spacial score (nSPS) is 25.3. The zero-order chi connectivity index (χ0) is 35.3. The first-order valence-corrected chi connectivity index (χ1v) is 16.7. The van der Waals surface area contributed by atoms with Crippen LogP contribution in [0, 0.1) is 23.7 Å². The number of rotatable bonds is 17. The molecule has 6 unspecified atom stereocenters. The smallest absolute Gasteiger partial charge is 0.468 e. The largest absolute Gasteiger partial charge is 0.509 e. The molecular formula is C28H46N7O11P. The molecule has 1 aromatic heterocycles. The third-order valence-electron chi connectivity index (χ3n) is 7.99. The molecule has 47 heavy (non-hydrogen) atoms. The van der Waals surface area contributed by atoms with Crippen LogP contribution < -0.4 is 27.2 Å². The number of H-pyrrole nitrogens is 1. The molecule has 1 saturated carbocycles. The molecule has 3 rings (SSSR count). The number of aromatic amines is 1. The molecule has 1 aliphatic heterocycles. The lowest BCUT2D eigenvalue weighted by molar-refractivity contribution is -0.143. The number of nitrogens with two attached hydrogens (primary N) is 2. The molecule has 2 aliphatic rings. The van der Waals surface area contributed by atoms with Gasteiger partial charge in [-0.3, -0.25) is 28.9 Å². The Morgan fingerprint density at radius 2 is 1.62 bits per heavy atom. The molecule has 1 spiro atoms. The molecule has 0 radical (unpaired) electrons. The summed E-state index contributed by atoms with van der Waals surface area (Å²) in [4.78, 5) is 60.5. The summed E-state index contributed by atoms with van der Waals surface area (Å²) in [6.45, 7) is 8.80. The number of aromatic nitrogens is 2. The van der Waals surface area contributed by atoms with Crippen molar-refractivity contribution in [2.45, 2.75) is 77.4 Å². The minimum absolute atomic E-state index is 0.0151. The summed E-state index contributed by atoms with van der Waals surface area (Å²) >= 11 is 0. The number of methoxy groups -OCH3 is 3. The lowest BCUT2D eigenvalue weighted by Gasteiger charge is -2.31. The number of cyclic esters (lactones) is 1. The minimum atomic E-state index is -4.28. The Hall–Kier alpha value is -3.57. The minimum Gasteiger partial charge on any atom is -0.468 e. The molecule has 19 heteroatoms. The molecule has 0 bridgehead atoms. The van der Waals surface area contributed by atoms with Crippen molar-refractivity contribution in [3.8, 4) is 0 Å². The van der Waals surface area contributed by atoms with Crippen LogP contribution in [0.5, 0.6) is 0 Å². The molecule has 2 fully saturated rings. The second-order valence-corrected chi connectivity index (χ2v) is 14.2. The predicted molar refractivity (Wildman–Crippen MR) is 170 cm³/mol. The predicted octanol–water partition coefficient (Wildman–Crippen LogP) is 1.67. The van der Waals surface area contributed by atoms with Crippen LogP contribution >= 0.6 is 7.67 Å². The van der Waals surface area contributed by atoms with Gasteiger partial charge in [0.2, 0.25) is 5.95 Å². The Bertz CT molecular complexity index is 1400. The van der Waals surface area contributed by atoms with Gasteiger partial charge in [0.15, 0.2) is 23.2 Å². The lowest BCUT2D eigenvalue weighted by atomic mass is 10.0. The number of ether oxygens (including phenoxy) is 5. The Kier molecular flexibility index (Phi) is 12.5. The van der Waals surface area contributed by atoms with Crippen molar-refractivity contribution < 1.29 is 47.2 Å². The summed E-state index contributed by atoms with van der Waals surface area (Å²) in [6.07, 6.45) is -1.26. The van der Waals surface area contributed by atoms with Crippen molar-refractivity contribution in [2.24, 2.45) is 28.7 Å². The third-order valence-corrected chi connectivity index (χ3v) is 9.81. The number of aliphatic imine (C=N–C) groups is 1. The molecule has 0 amide bonds. The number of hydrogen-bond acceptors (Lipinski definition) is 15. The van der Waals surface area contributed by atoms with Gasteiger partial charge in [0.05, 0.1) is 20.8 Å². The second kappa shape index (κ2) is 15.6. The van der Waals surface area contributed by atoms with Gasteiger partial charge in [-0.25, -0.2) is 15.0 Å². The summed E-state index contributed by atoms with van der Waals surface area (Å²) in [5, 5.41) is 5.49. The first-order chi connectivity index (χ1) is 22.0. The standard InChI is InChI=1S/C28H46N7O11P/c1-13(2)9-17(24(37)42-7)34-47(40,35-18(10-14(3)4)25(38)43-8)44-12-19(41-6)21-28(46-27(39)45-21)15(5)16(28)11-31-20-22(29)32-26(30)33-23(20)36/h11,13-19,21H,9-10,12H2,1-8H3,(H2,34,35,40)(H5,29,30,32,33,36)/t15?,16?,17?,18?,19?,21?,28-,47?/m0/s1. The van der Waals surface area contributed by atoms with E-state index in [1.807, 2.05) is 27.7 Å². The highest BCUT2D eigenvalue weighted by atomic mass is 31.2. The van der Waals surface area contributed by atoms with Crippen LogP contribution in [-0.2, 0) is 42.4 Å². The average Bonchev–Trinajstić information content (AvgIpc) is 3.36. The SMILES string of the molecule is COC(=O)C(CC(C)C)NP(=O)(NC(CC(C)C)C(=O)OC)OCC(OC)C1OC(=O)O[C@]12C(C)C2C=Nc1c(N)nc(N)[nH]c1=O. The van der Waals surface area contributed by atoms with Gasteiger partial charge in [-0.1, -0.05) is 34.6 Å². The van der Waals surface area contributed by atoms with E-state index in [1.54, 1.807) is 6.92 Å². The fourth-order valence-corrected chi connectivity index (χ4v) is 7.45. The Balaban J connectivity index is 1.91. The quantitative estimate of drug-likeness (QED) is 0.0675. The van der Waals surface area contributed by atoms with Gasteiger partial charge in [0.1, 0.15) is 18.2 Å². The van der Waals surface area contributed by atoms with Gasteiger partial charge in [-0.05, 0) is 24.7 Å². The maximum Gasteiger partial charge on any atom is 0.509 e. The van der Waals surface area contributed by atoms with Crippen molar-refractivity contribution in [3.05, 3.63) is 10.4 Å². The van der Waals surface area contributed by atoms with Crippen LogP contribution in [0.15, 0.2) is 9.79 Å². The fourth-order valence-electron chi connectivity index (χ4n) is 5.63. The van der Waals surface area contributed by atoms with E-state index < -0.39 is 73.7 Å². The molecule has 0 aromatic carbocycles. The molecule has 264 valence electrons. The van der Waals surface area contributed by atoms with Crippen molar-refractivity contribution in [2.75, 3.05) is 39.4 Å². The highest BCUT2D eigenvalue weighted by molar-refractivity contribution is 7.54. The number of nitrogens with one attached hydrogen (secondary N) is 3. The van der Waals surface area contributed by atoms with Gasteiger partial charge in [0, 0.05) is 25.2 Å². The Labute approximate surface area is 272 Å². The first kappa shape index (κ1) is 37.9. The van der Waals surface area contributed by atoms with Crippen molar-refractivity contribution in [1.82, 2.24) is 20.1 Å². The van der Waals surface area contributed by atoms with E-state index in [0.717, 1.165) is 0 Å². The molecule has 7 atom stereocenters. The number of anilines is 2. The topological polar surface area (TPSA) is 258 Å². The second-order valence-electron chi connectivity index (χ2n) is 12.3. The Morgan fingerprint density at radius 3 is 2.09 bits per heavy atom. The van der Waals surface area contributed by atoms with Gasteiger partial charge < -0.3 is 39.7 Å². The van der Waals surface area contributed by atoms with Crippen molar-refractivity contribution in [3.63, 3.8) is 0 Å². The highest BCUT2D eigenvalue weighted by Crippen LogP contribution is 2.59. The van der Waals surface area contributed by atoms with E-state index in [-0.39, 0.29) is 48.0 Å². The van der Waals surface area contributed by atoms with Crippen molar-refractivity contribution >= 4 is 49.4 Å². The fraction of sp³-hybridized carbons (Fsp3) is 0.714. The van der Waals surface area contributed by atoms with E-state index in [1.165, 1.54) is 27.5 Å². The summed E-state index contributed by atoms with van der Waals surface area (Å²) in [5.41, 5.74) is 9.22. The lowest BCUT2D eigenvalue weighted by Crippen LogP contribution is -2.47. The molecule has 18 nitrogen and oxygen atoms in total. The summed E-state index contributed by atoms with van der Waals surface area (Å²) in [6, 6.07) is -2.14. The number of hydrogen-bond donors (Lipinski definition) is 5. The molecule has 1 aromatic rings. The summed E-state index contributed by atoms with van der Waals surface area (Å²) in [7, 11) is -0.543. The molecule has 2 heterocycles. The van der Waals surface area contributed by atoms with Gasteiger partial charge >= 0.3 is 25.8 Å². The number of nitrogens with zero attached hydrogens (tertiary/aromatic N) is 2. The molecular weight excluding hydrogens is 641 g/mol. The van der Waals surface area contributed by atoms with Gasteiger partial charge in [-0.2, -0.15) is 4.98 Å². The van der Waals surface area contributed by atoms with E-state index in [0.29, 0.717) is 0 Å². The van der Waals surface area contributed by atoms with Crippen LogP contribution in [0.3, 0.4) is 0 Å². The van der Waals surface area contributed by atoms with E-state index in [4.69, 9.17) is 39.7 Å². The number of nitrogen functional groups attached to an aromatic ring is 2. The van der Waals surface area contributed by atoms with Crippen LogP contribution in [0.4, 0.5) is 22.2 Å². The highest BCUT2D eigenvalue weighted by Gasteiger charge is 2.75. The molecule has 1 aliphatic carbocycles. The van der Waals surface area contributed by atoms with Crippen molar-refractivity contribution in [1.29, 1.82) is 0 Å². The number of carbonyl (C=O) groups excluding carboxylic acids is 3. The van der Waals surface area contributed by atoms with E-state index in [9.17, 15) is 23.7 Å². The van der Waals surface area contributed by atoms with Crippen LogP contribution in [0.25, 0.3) is 0 Å². The van der Waals surface area contributed by atoms with E-state index >= 15 is 0 Å². The monoisotopic (exact) mass is 687 g/mol. The molecule has 1 saturated heterocycles. The average molecular weight is 688 g/mol. The first-order valence-electron chi connectivity index (χ1n) is 15.1. The summed E-state index contributed by atoms with van der Waals surface area (Å²) < 4.78 is 47.0. The molecule has 7 N–H and O–H groups in total. The number of carbonyl (C=O) groups is 3. The van der Waals surface area contributed by atoms with Crippen LogP contribution in [0.1, 0.15) is 47.5 Å². The third kappa shape index (κ3) is 8.87. The maximum atomic E-state index is 14.5. The zero-order valence-electron chi connectivity index (χ0n) is 27.8. The number of esters is 2. The van der Waals surface area contributed by atoms with Gasteiger partial charge in [0.25, 0.3) is 5.56 Å². The van der Waals surface area contributed by atoms with Gasteiger partial charge in [-0.15, -0.1) is 0 Å². The Morgan fingerprint density at radius 1 is 1.06 bits per heavy atom. The van der Waals surface area contributed by atoms with Crippen LogP contribution in [-0.4, -0.2) is 92.1 Å². The van der Waals surface area contributed by atoms with Crippen LogP contribution in [0.2, 0.25) is 0 Å². The van der Waals surface area contributed by atoms with E-state index in [2.05, 4.69) is 25.1 Å². The zero-order valence-corrected chi connectivity index (χ0v) is 28.7. The maximum absolute atomic E-state index is 14.5.